The zero-order valence-corrected chi connectivity index (χ0v) is 16.1. The van der Waals surface area contributed by atoms with Crippen molar-refractivity contribution in [3.05, 3.63) is 53.6 Å². The number of likely N-dealkylation sites (N-methyl/N-ethyl adjacent to an activating group) is 1. The van der Waals surface area contributed by atoms with Crippen LogP contribution in [0.25, 0.3) is 0 Å². The maximum Gasteiger partial charge on any atom is 0.222 e. The fourth-order valence-corrected chi connectivity index (χ4v) is 2.94. The minimum atomic E-state index is 0.107. The van der Waals surface area contributed by atoms with E-state index < -0.39 is 0 Å². The summed E-state index contributed by atoms with van der Waals surface area (Å²) >= 11 is 0. The molecule has 5 heteroatoms. The lowest BCUT2D eigenvalue weighted by Gasteiger charge is -2.18. The van der Waals surface area contributed by atoms with Gasteiger partial charge in [0, 0.05) is 19.9 Å². The Hall–Kier alpha value is -2.69. The zero-order chi connectivity index (χ0) is 19.1. The van der Waals surface area contributed by atoms with Gasteiger partial charge >= 0.3 is 0 Å². The smallest absolute Gasteiger partial charge is 0.222 e. The standard InChI is InChI=1S/C22H27NO4/c1-17-6-3-4-7-19(17)27-15-12-23(2)22(24)11-9-18-8-10-20-21(16-18)26-14-5-13-25-20/h3-4,6-8,10,16H,5,9,11-15H2,1-2H3. The minimum absolute atomic E-state index is 0.107. The molecule has 0 N–H and O–H groups in total. The van der Waals surface area contributed by atoms with E-state index in [1.54, 1.807) is 4.90 Å². The Morgan fingerprint density at radius 2 is 1.89 bits per heavy atom. The van der Waals surface area contributed by atoms with E-state index in [1.807, 2.05) is 56.4 Å². The molecule has 0 aliphatic carbocycles. The van der Waals surface area contributed by atoms with E-state index in [2.05, 4.69) is 0 Å². The number of carbonyl (C=O) groups is 1. The summed E-state index contributed by atoms with van der Waals surface area (Å²) in [6.07, 6.45) is 2.02. The van der Waals surface area contributed by atoms with Crippen LogP contribution in [0.3, 0.4) is 0 Å². The van der Waals surface area contributed by atoms with Crippen molar-refractivity contribution in [2.75, 3.05) is 33.4 Å². The third-order valence-electron chi connectivity index (χ3n) is 4.64. The molecule has 27 heavy (non-hydrogen) atoms. The molecule has 0 unspecified atom stereocenters. The molecule has 0 saturated heterocycles. The molecule has 0 spiro atoms. The Morgan fingerprint density at radius 1 is 1.11 bits per heavy atom. The topological polar surface area (TPSA) is 48.0 Å². The van der Waals surface area contributed by atoms with Crippen molar-refractivity contribution in [3.8, 4) is 17.2 Å². The SMILES string of the molecule is Cc1ccccc1OCCN(C)C(=O)CCc1ccc2c(c1)OCCCO2. The molecular weight excluding hydrogens is 342 g/mol. The number of amides is 1. The van der Waals surface area contributed by atoms with Gasteiger partial charge in [0.1, 0.15) is 12.4 Å². The van der Waals surface area contributed by atoms with Crippen LogP contribution in [-0.2, 0) is 11.2 Å². The molecule has 0 atom stereocenters. The first-order chi connectivity index (χ1) is 13.1. The van der Waals surface area contributed by atoms with Gasteiger partial charge in [-0.1, -0.05) is 24.3 Å². The molecular formula is C22H27NO4. The van der Waals surface area contributed by atoms with E-state index in [-0.39, 0.29) is 5.91 Å². The van der Waals surface area contributed by atoms with E-state index in [0.29, 0.717) is 39.2 Å². The quantitative estimate of drug-likeness (QED) is 0.748. The molecule has 0 radical (unpaired) electrons. The first-order valence-corrected chi connectivity index (χ1v) is 9.44. The van der Waals surface area contributed by atoms with Gasteiger partial charge in [0.25, 0.3) is 0 Å². The van der Waals surface area contributed by atoms with Gasteiger partial charge in [0.2, 0.25) is 5.91 Å². The van der Waals surface area contributed by atoms with Gasteiger partial charge < -0.3 is 19.1 Å². The second-order valence-corrected chi connectivity index (χ2v) is 6.76. The van der Waals surface area contributed by atoms with E-state index in [1.165, 1.54) is 0 Å². The van der Waals surface area contributed by atoms with Crippen LogP contribution < -0.4 is 14.2 Å². The fraction of sp³-hybridized carbons (Fsp3) is 0.409. The number of fused-ring (bicyclic) bond motifs is 1. The summed E-state index contributed by atoms with van der Waals surface area (Å²) in [5, 5.41) is 0. The predicted molar refractivity (Wildman–Crippen MR) is 105 cm³/mol. The van der Waals surface area contributed by atoms with Crippen LogP contribution in [0, 0.1) is 6.92 Å². The lowest BCUT2D eigenvalue weighted by molar-refractivity contribution is -0.130. The molecule has 5 nitrogen and oxygen atoms in total. The van der Waals surface area contributed by atoms with Crippen molar-refractivity contribution >= 4 is 5.91 Å². The third-order valence-corrected chi connectivity index (χ3v) is 4.64. The molecule has 1 aliphatic heterocycles. The van der Waals surface area contributed by atoms with Crippen molar-refractivity contribution in [2.45, 2.75) is 26.2 Å². The van der Waals surface area contributed by atoms with Crippen LogP contribution in [0.5, 0.6) is 17.2 Å². The Labute approximate surface area is 160 Å². The summed E-state index contributed by atoms with van der Waals surface area (Å²) in [4.78, 5) is 14.1. The normalized spacial score (nSPS) is 13.0. The molecule has 0 aromatic heterocycles. The first kappa shape index (κ1) is 19.1. The number of hydrogen-bond acceptors (Lipinski definition) is 4. The summed E-state index contributed by atoms with van der Waals surface area (Å²) in [5.41, 5.74) is 2.18. The molecule has 0 saturated carbocycles. The average Bonchev–Trinajstić information content (AvgIpc) is 2.92. The van der Waals surface area contributed by atoms with Gasteiger partial charge in [-0.3, -0.25) is 4.79 Å². The van der Waals surface area contributed by atoms with Crippen LogP contribution in [0.2, 0.25) is 0 Å². The highest BCUT2D eigenvalue weighted by molar-refractivity contribution is 5.76. The van der Waals surface area contributed by atoms with Crippen LogP contribution >= 0.6 is 0 Å². The van der Waals surface area contributed by atoms with Gasteiger partial charge in [0.15, 0.2) is 11.5 Å². The molecule has 2 aromatic rings. The fourth-order valence-electron chi connectivity index (χ4n) is 2.94. The largest absolute Gasteiger partial charge is 0.491 e. The van der Waals surface area contributed by atoms with Gasteiger partial charge in [-0.05, 0) is 42.7 Å². The summed E-state index contributed by atoms with van der Waals surface area (Å²) in [6.45, 7) is 4.41. The van der Waals surface area contributed by atoms with Gasteiger partial charge in [-0.2, -0.15) is 0 Å². The van der Waals surface area contributed by atoms with Crippen molar-refractivity contribution in [1.29, 1.82) is 0 Å². The highest BCUT2D eigenvalue weighted by atomic mass is 16.5. The minimum Gasteiger partial charge on any atom is -0.491 e. The Kier molecular flexibility index (Phi) is 6.58. The Morgan fingerprint density at radius 3 is 2.70 bits per heavy atom. The number of benzene rings is 2. The maximum absolute atomic E-state index is 12.4. The number of nitrogens with zero attached hydrogens (tertiary/aromatic N) is 1. The maximum atomic E-state index is 12.4. The Bertz CT molecular complexity index is 775. The van der Waals surface area contributed by atoms with E-state index >= 15 is 0 Å². The van der Waals surface area contributed by atoms with Crippen LogP contribution in [0.4, 0.5) is 0 Å². The van der Waals surface area contributed by atoms with Crippen LogP contribution in [-0.4, -0.2) is 44.2 Å². The number of ether oxygens (including phenoxy) is 3. The Balaban J connectivity index is 1.44. The van der Waals surface area contributed by atoms with Gasteiger partial charge in [-0.25, -0.2) is 0 Å². The van der Waals surface area contributed by atoms with Crippen molar-refractivity contribution < 1.29 is 19.0 Å². The van der Waals surface area contributed by atoms with Crippen molar-refractivity contribution in [1.82, 2.24) is 4.90 Å². The lowest BCUT2D eigenvalue weighted by atomic mass is 10.1. The number of para-hydroxylation sites is 1. The second kappa shape index (κ2) is 9.31. The predicted octanol–water partition coefficient (Wildman–Crippen LogP) is 3.63. The summed E-state index contributed by atoms with van der Waals surface area (Å²) < 4.78 is 17.1. The number of carbonyl (C=O) groups excluding carboxylic acids is 1. The van der Waals surface area contributed by atoms with E-state index in [9.17, 15) is 4.79 Å². The monoisotopic (exact) mass is 369 g/mol. The molecule has 2 aromatic carbocycles. The molecule has 144 valence electrons. The number of hydrogen-bond donors (Lipinski definition) is 0. The highest BCUT2D eigenvalue weighted by Gasteiger charge is 2.13. The summed E-state index contributed by atoms with van der Waals surface area (Å²) in [5.74, 6) is 2.53. The molecule has 1 aliphatic rings. The molecule has 1 heterocycles. The van der Waals surface area contributed by atoms with Crippen molar-refractivity contribution in [3.63, 3.8) is 0 Å². The number of rotatable bonds is 7. The van der Waals surface area contributed by atoms with Crippen LogP contribution in [0.1, 0.15) is 24.0 Å². The molecule has 3 rings (SSSR count). The highest BCUT2D eigenvalue weighted by Crippen LogP contribution is 2.30. The second-order valence-electron chi connectivity index (χ2n) is 6.76. The first-order valence-electron chi connectivity index (χ1n) is 9.44. The molecule has 0 fully saturated rings. The zero-order valence-electron chi connectivity index (χ0n) is 16.1. The van der Waals surface area contributed by atoms with Gasteiger partial charge in [-0.15, -0.1) is 0 Å². The average molecular weight is 369 g/mol. The number of aryl methyl sites for hydroxylation is 2. The van der Waals surface area contributed by atoms with Crippen LogP contribution in [0.15, 0.2) is 42.5 Å². The lowest BCUT2D eigenvalue weighted by Crippen LogP contribution is -2.31. The van der Waals surface area contributed by atoms with Crippen molar-refractivity contribution in [2.24, 2.45) is 0 Å². The molecule has 1 amide bonds. The summed E-state index contributed by atoms with van der Waals surface area (Å²) in [7, 11) is 1.82. The van der Waals surface area contributed by atoms with E-state index in [4.69, 9.17) is 14.2 Å². The van der Waals surface area contributed by atoms with Gasteiger partial charge in [0.05, 0.1) is 19.8 Å². The molecule has 0 bridgehead atoms. The summed E-state index contributed by atoms with van der Waals surface area (Å²) in [6, 6.07) is 13.8. The van der Waals surface area contributed by atoms with E-state index in [0.717, 1.165) is 34.8 Å². The third kappa shape index (κ3) is 5.39.